The minimum atomic E-state index is 0.0728. The molecular formula is C16H23BrN2O. The van der Waals surface area contributed by atoms with Gasteiger partial charge in [0.1, 0.15) is 0 Å². The first-order valence-electron chi connectivity index (χ1n) is 7.40. The van der Waals surface area contributed by atoms with Crippen molar-refractivity contribution in [2.75, 3.05) is 13.1 Å². The fraction of sp³-hybridized carbons (Fsp3) is 0.562. The molecule has 1 fully saturated rings. The van der Waals surface area contributed by atoms with Gasteiger partial charge in [0.2, 0.25) is 5.91 Å². The minimum absolute atomic E-state index is 0.0728. The van der Waals surface area contributed by atoms with Gasteiger partial charge in [0, 0.05) is 10.9 Å². The maximum atomic E-state index is 12.0. The molecule has 0 radical (unpaired) electrons. The number of amides is 1. The van der Waals surface area contributed by atoms with Crippen molar-refractivity contribution < 1.29 is 4.79 Å². The van der Waals surface area contributed by atoms with Gasteiger partial charge in [0.25, 0.3) is 0 Å². The summed E-state index contributed by atoms with van der Waals surface area (Å²) < 4.78 is 1.06. The Hall–Kier alpha value is -0.870. The number of piperidine rings is 1. The Morgan fingerprint density at radius 3 is 2.65 bits per heavy atom. The molecule has 2 N–H and O–H groups in total. The molecule has 0 spiro atoms. The number of halogens is 1. The zero-order valence-electron chi connectivity index (χ0n) is 12.0. The quantitative estimate of drug-likeness (QED) is 0.863. The van der Waals surface area contributed by atoms with Crippen LogP contribution in [0.15, 0.2) is 28.7 Å². The third-order valence-electron chi connectivity index (χ3n) is 3.99. The first-order chi connectivity index (χ1) is 9.65. The van der Waals surface area contributed by atoms with Crippen molar-refractivity contribution in [1.82, 2.24) is 10.6 Å². The second-order valence-electron chi connectivity index (χ2n) is 5.57. The van der Waals surface area contributed by atoms with Crippen molar-refractivity contribution in [2.24, 2.45) is 5.92 Å². The second kappa shape index (κ2) is 7.79. The third kappa shape index (κ3) is 4.91. The van der Waals surface area contributed by atoms with Crippen LogP contribution < -0.4 is 10.6 Å². The van der Waals surface area contributed by atoms with Crippen molar-refractivity contribution >= 4 is 21.8 Å². The van der Waals surface area contributed by atoms with E-state index in [1.54, 1.807) is 0 Å². The standard InChI is InChI=1S/C16H23BrN2O/c1-12(14-3-5-15(17)6-4-14)19-16(20)7-2-13-8-10-18-11-9-13/h3-6,12-13,18H,2,7-11H2,1H3,(H,19,20)/t12-/m1/s1. The van der Waals surface area contributed by atoms with Gasteiger partial charge in [0.15, 0.2) is 0 Å². The molecular weight excluding hydrogens is 316 g/mol. The molecule has 0 unspecified atom stereocenters. The van der Waals surface area contributed by atoms with Gasteiger partial charge >= 0.3 is 0 Å². The van der Waals surface area contributed by atoms with Crippen LogP contribution in [0.1, 0.15) is 44.2 Å². The zero-order valence-corrected chi connectivity index (χ0v) is 13.6. The second-order valence-corrected chi connectivity index (χ2v) is 6.49. The van der Waals surface area contributed by atoms with E-state index in [0.29, 0.717) is 12.3 Å². The topological polar surface area (TPSA) is 41.1 Å². The van der Waals surface area contributed by atoms with Gasteiger partial charge in [0.05, 0.1) is 6.04 Å². The van der Waals surface area contributed by atoms with Crippen LogP contribution in [0.4, 0.5) is 0 Å². The van der Waals surface area contributed by atoms with Gasteiger partial charge < -0.3 is 10.6 Å². The monoisotopic (exact) mass is 338 g/mol. The molecule has 1 aliphatic heterocycles. The van der Waals surface area contributed by atoms with E-state index in [1.807, 2.05) is 31.2 Å². The summed E-state index contributed by atoms with van der Waals surface area (Å²) in [5.74, 6) is 0.879. The summed E-state index contributed by atoms with van der Waals surface area (Å²) in [6.45, 7) is 4.23. The van der Waals surface area contributed by atoms with Crippen molar-refractivity contribution in [3.05, 3.63) is 34.3 Å². The van der Waals surface area contributed by atoms with Crippen LogP contribution in [0.3, 0.4) is 0 Å². The lowest BCUT2D eigenvalue weighted by molar-refractivity contribution is -0.122. The molecule has 1 aromatic carbocycles. The number of benzene rings is 1. The van der Waals surface area contributed by atoms with Gasteiger partial charge in [-0.2, -0.15) is 0 Å². The molecule has 0 aromatic heterocycles. The summed E-state index contributed by atoms with van der Waals surface area (Å²) in [6.07, 6.45) is 4.07. The Kier molecular flexibility index (Phi) is 6.05. The summed E-state index contributed by atoms with van der Waals surface area (Å²) in [5, 5.41) is 6.44. The van der Waals surface area contributed by atoms with Crippen LogP contribution in [0, 0.1) is 5.92 Å². The first kappa shape index (κ1) is 15.5. The predicted molar refractivity (Wildman–Crippen MR) is 85.5 cm³/mol. The molecule has 1 saturated heterocycles. The highest BCUT2D eigenvalue weighted by Gasteiger charge is 2.15. The maximum Gasteiger partial charge on any atom is 0.220 e. The molecule has 1 atom stereocenters. The Morgan fingerprint density at radius 1 is 1.35 bits per heavy atom. The van der Waals surface area contributed by atoms with E-state index in [2.05, 4.69) is 26.6 Å². The molecule has 110 valence electrons. The molecule has 4 heteroatoms. The van der Waals surface area contributed by atoms with Crippen LogP contribution in [0.25, 0.3) is 0 Å². The van der Waals surface area contributed by atoms with E-state index < -0.39 is 0 Å². The lowest BCUT2D eigenvalue weighted by atomic mass is 9.93. The zero-order chi connectivity index (χ0) is 14.4. The number of nitrogens with one attached hydrogen (secondary N) is 2. The summed E-state index contributed by atoms with van der Waals surface area (Å²) in [7, 11) is 0. The Labute approximate surface area is 129 Å². The summed E-state index contributed by atoms with van der Waals surface area (Å²) in [4.78, 5) is 12.0. The highest BCUT2D eigenvalue weighted by molar-refractivity contribution is 9.10. The Morgan fingerprint density at radius 2 is 2.00 bits per heavy atom. The smallest absolute Gasteiger partial charge is 0.220 e. The van der Waals surface area contributed by atoms with Gasteiger partial charge in [-0.1, -0.05) is 28.1 Å². The average Bonchev–Trinajstić information content (AvgIpc) is 2.47. The van der Waals surface area contributed by atoms with Crippen molar-refractivity contribution in [3.8, 4) is 0 Å². The van der Waals surface area contributed by atoms with Gasteiger partial charge in [-0.15, -0.1) is 0 Å². The molecule has 1 amide bonds. The molecule has 20 heavy (non-hydrogen) atoms. The maximum absolute atomic E-state index is 12.0. The van der Waals surface area contributed by atoms with Crippen molar-refractivity contribution in [1.29, 1.82) is 0 Å². The summed E-state index contributed by atoms with van der Waals surface area (Å²) >= 11 is 3.42. The number of hydrogen-bond donors (Lipinski definition) is 2. The van der Waals surface area contributed by atoms with Gasteiger partial charge in [-0.3, -0.25) is 4.79 Å². The van der Waals surface area contributed by atoms with E-state index in [1.165, 1.54) is 12.8 Å². The largest absolute Gasteiger partial charge is 0.350 e. The van der Waals surface area contributed by atoms with Gasteiger partial charge in [-0.05, 0) is 62.9 Å². The Balaban J connectivity index is 1.74. The number of hydrogen-bond acceptors (Lipinski definition) is 2. The predicted octanol–water partition coefficient (Wildman–Crippen LogP) is 3.41. The molecule has 2 rings (SSSR count). The molecule has 1 aromatic rings. The van der Waals surface area contributed by atoms with Crippen LogP contribution in [-0.2, 0) is 4.79 Å². The highest BCUT2D eigenvalue weighted by Crippen LogP contribution is 2.19. The van der Waals surface area contributed by atoms with E-state index in [4.69, 9.17) is 0 Å². The lowest BCUT2D eigenvalue weighted by Crippen LogP contribution is -2.30. The van der Waals surface area contributed by atoms with Crippen LogP contribution in [0.2, 0.25) is 0 Å². The third-order valence-corrected chi connectivity index (χ3v) is 4.51. The summed E-state index contributed by atoms with van der Waals surface area (Å²) in [5.41, 5.74) is 1.14. The van der Waals surface area contributed by atoms with Crippen molar-refractivity contribution in [2.45, 2.75) is 38.6 Å². The number of carbonyl (C=O) groups is 1. The number of rotatable bonds is 5. The average molecular weight is 339 g/mol. The van der Waals surface area contributed by atoms with Crippen LogP contribution in [-0.4, -0.2) is 19.0 Å². The molecule has 1 heterocycles. The number of carbonyl (C=O) groups excluding carboxylic acids is 1. The van der Waals surface area contributed by atoms with E-state index in [-0.39, 0.29) is 11.9 Å². The highest BCUT2D eigenvalue weighted by atomic mass is 79.9. The van der Waals surface area contributed by atoms with E-state index in [0.717, 1.165) is 29.5 Å². The molecule has 3 nitrogen and oxygen atoms in total. The van der Waals surface area contributed by atoms with Crippen LogP contribution in [0.5, 0.6) is 0 Å². The first-order valence-corrected chi connectivity index (χ1v) is 8.20. The Bertz CT molecular complexity index is 427. The van der Waals surface area contributed by atoms with Gasteiger partial charge in [-0.25, -0.2) is 0 Å². The molecule has 0 aliphatic carbocycles. The fourth-order valence-corrected chi connectivity index (χ4v) is 2.92. The van der Waals surface area contributed by atoms with Crippen molar-refractivity contribution in [3.63, 3.8) is 0 Å². The van der Waals surface area contributed by atoms with E-state index in [9.17, 15) is 4.79 Å². The fourth-order valence-electron chi connectivity index (χ4n) is 2.65. The molecule has 1 aliphatic rings. The molecule has 0 bridgehead atoms. The van der Waals surface area contributed by atoms with Crippen LogP contribution >= 0.6 is 15.9 Å². The lowest BCUT2D eigenvalue weighted by Gasteiger charge is -2.22. The summed E-state index contributed by atoms with van der Waals surface area (Å²) in [6, 6.07) is 8.17. The SMILES string of the molecule is C[C@@H](NC(=O)CCC1CCNCC1)c1ccc(Br)cc1. The normalized spacial score (nSPS) is 17.7. The van der Waals surface area contributed by atoms with E-state index >= 15 is 0 Å². The molecule has 0 saturated carbocycles. The minimum Gasteiger partial charge on any atom is -0.350 e.